The van der Waals surface area contributed by atoms with Gasteiger partial charge >= 0.3 is 0 Å². The molecule has 1 N–H and O–H groups in total. The summed E-state index contributed by atoms with van der Waals surface area (Å²) >= 11 is 7.81. The quantitative estimate of drug-likeness (QED) is 0.566. The number of thiazole rings is 1. The molecule has 2 aromatic carbocycles. The van der Waals surface area contributed by atoms with E-state index in [4.69, 9.17) is 21.3 Å². The maximum absolute atomic E-state index is 12.7. The van der Waals surface area contributed by atoms with Gasteiger partial charge in [0.25, 0.3) is 0 Å². The molecular weight excluding hydrogens is 434 g/mol. The highest BCUT2D eigenvalue weighted by Crippen LogP contribution is 2.33. The van der Waals surface area contributed by atoms with Crippen LogP contribution in [0.3, 0.4) is 0 Å². The van der Waals surface area contributed by atoms with E-state index in [1.54, 1.807) is 12.0 Å². The molecule has 0 radical (unpaired) electrons. The van der Waals surface area contributed by atoms with Crippen LogP contribution in [0.2, 0.25) is 5.02 Å². The minimum atomic E-state index is -0.362. The Hall–Kier alpha value is -2.74. The maximum Gasteiger partial charge on any atom is 0.229 e. The number of hydrogen-bond donors (Lipinski definition) is 1. The second kappa shape index (κ2) is 9.60. The van der Waals surface area contributed by atoms with Gasteiger partial charge in [-0.3, -0.25) is 9.59 Å². The summed E-state index contributed by atoms with van der Waals surface area (Å²) in [5.41, 5.74) is 3.29. The molecule has 0 saturated carbocycles. The first-order valence-electron chi connectivity index (χ1n) is 9.93. The molecule has 160 valence electrons. The number of carbonyl (C=O) groups is 2. The Bertz CT molecular complexity index is 1100. The Balaban J connectivity index is 1.45. The molecule has 8 heteroatoms. The molecule has 1 atom stereocenters. The first kappa shape index (κ1) is 21.5. The van der Waals surface area contributed by atoms with Crippen molar-refractivity contribution in [1.29, 1.82) is 0 Å². The van der Waals surface area contributed by atoms with E-state index in [9.17, 15) is 9.59 Å². The molecule has 1 aliphatic heterocycles. The van der Waals surface area contributed by atoms with Crippen molar-refractivity contribution < 1.29 is 14.3 Å². The number of nitrogens with one attached hydrogen (secondary N) is 1. The van der Waals surface area contributed by atoms with Gasteiger partial charge in [0.15, 0.2) is 0 Å². The molecule has 1 unspecified atom stereocenters. The molecule has 6 nitrogen and oxygen atoms in total. The number of ether oxygens (including phenoxy) is 1. The Morgan fingerprint density at radius 3 is 2.94 bits per heavy atom. The molecule has 2 heterocycles. The van der Waals surface area contributed by atoms with Crippen molar-refractivity contribution >= 4 is 40.4 Å². The smallest absolute Gasteiger partial charge is 0.229 e. The number of anilines is 1. The lowest BCUT2D eigenvalue weighted by Crippen LogP contribution is -2.30. The van der Waals surface area contributed by atoms with Gasteiger partial charge in [-0.05, 0) is 18.2 Å². The standard InChI is InChI=1S/C23H22ClN3O3S/c1-30-10-9-27-13-16(12-21(27)28)22(29)25-17-6-4-5-15(11-17)20-14-31-23(26-20)18-7-2-3-8-19(18)24/h2-8,11,14,16H,9-10,12-13H2,1H3,(H,25,29). The van der Waals surface area contributed by atoms with E-state index < -0.39 is 0 Å². The van der Waals surface area contributed by atoms with Crippen LogP contribution >= 0.6 is 22.9 Å². The van der Waals surface area contributed by atoms with Crippen molar-refractivity contribution in [3.8, 4) is 21.8 Å². The molecule has 0 bridgehead atoms. The summed E-state index contributed by atoms with van der Waals surface area (Å²) in [6, 6.07) is 15.2. The number of halogens is 1. The molecular formula is C23H22ClN3O3S. The Labute approximate surface area is 189 Å². The number of rotatable bonds is 7. The molecule has 31 heavy (non-hydrogen) atoms. The summed E-state index contributed by atoms with van der Waals surface area (Å²) in [4.78, 5) is 31.2. The van der Waals surface area contributed by atoms with Crippen molar-refractivity contribution in [2.75, 3.05) is 32.1 Å². The highest BCUT2D eigenvalue weighted by Gasteiger charge is 2.34. The largest absolute Gasteiger partial charge is 0.383 e. The second-order valence-electron chi connectivity index (χ2n) is 7.32. The van der Waals surface area contributed by atoms with E-state index in [-0.39, 0.29) is 24.2 Å². The molecule has 1 aliphatic rings. The van der Waals surface area contributed by atoms with Crippen molar-refractivity contribution in [2.45, 2.75) is 6.42 Å². The van der Waals surface area contributed by atoms with E-state index in [0.29, 0.717) is 30.4 Å². The van der Waals surface area contributed by atoms with Gasteiger partial charge in [-0.1, -0.05) is 41.9 Å². The van der Waals surface area contributed by atoms with Crippen LogP contribution in [-0.4, -0.2) is 48.5 Å². The average Bonchev–Trinajstić information content (AvgIpc) is 3.40. The van der Waals surface area contributed by atoms with Crippen LogP contribution < -0.4 is 5.32 Å². The average molecular weight is 456 g/mol. The van der Waals surface area contributed by atoms with Crippen LogP contribution in [0.5, 0.6) is 0 Å². The number of nitrogens with zero attached hydrogens (tertiary/aromatic N) is 2. The van der Waals surface area contributed by atoms with Gasteiger partial charge in [0.2, 0.25) is 11.8 Å². The van der Waals surface area contributed by atoms with E-state index in [1.165, 1.54) is 11.3 Å². The van der Waals surface area contributed by atoms with E-state index in [2.05, 4.69) is 5.32 Å². The minimum Gasteiger partial charge on any atom is -0.383 e. The number of likely N-dealkylation sites (tertiary alicyclic amines) is 1. The monoisotopic (exact) mass is 455 g/mol. The normalized spacial score (nSPS) is 16.0. The minimum absolute atomic E-state index is 0.0134. The molecule has 3 aromatic rings. The lowest BCUT2D eigenvalue weighted by Gasteiger charge is -2.16. The van der Waals surface area contributed by atoms with Gasteiger partial charge in [0.05, 0.1) is 23.2 Å². The van der Waals surface area contributed by atoms with E-state index >= 15 is 0 Å². The van der Waals surface area contributed by atoms with Gasteiger partial charge in [-0.2, -0.15) is 0 Å². The number of amides is 2. The van der Waals surface area contributed by atoms with Gasteiger partial charge < -0.3 is 15.0 Å². The second-order valence-corrected chi connectivity index (χ2v) is 8.59. The van der Waals surface area contributed by atoms with Crippen molar-refractivity contribution in [1.82, 2.24) is 9.88 Å². The summed E-state index contributed by atoms with van der Waals surface area (Å²) in [7, 11) is 1.59. The van der Waals surface area contributed by atoms with Crippen molar-refractivity contribution in [3.63, 3.8) is 0 Å². The third kappa shape index (κ3) is 4.95. The van der Waals surface area contributed by atoms with Crippen molar-refractivity contribution in [2.24, 2.45) is 5.92 Å². The Kier molecular flexibility index (Phi) is 6.65. The molecule has 0 aliphatic carbocycles. The van der Waals surface area contributed by atoms with Crippen LogP contribution in [0.1, 0.15) is 6.42 Å². The zero-order valence-corrected chi connectivity index (χ0v) is 18.6. The van der Waals surface area contributed by atoms with Gasteiger partial charge in [-0.25, -0.2) is 4.98 Å². The number of benzene rings is 2. The summed E-state index contributed by atoms with van der Waals surface area (Å²) in [5.74, 6) is -0.528. The molecule has 1 fully saturated rings. The fourth-order valence-corrected chi connectivity index (χ4v) is 4.68. The van der Waals surface area contributed by atoms with Crippen LogP contribution in [0.25, 0.3) is 21.8 Å². The van der Waals surface area contributed by atoms with Crippen LogP contribution in [0, 0.1) is 5.92 Å². The van der Waals surface area contributed by atoms with Crippen molar-refractivity contribution in [3.05, 3.63) is 58.9 Å². The summed E-state index contributed by atoms with van der Waals surface area (Å²) in [5, 5.41) is 6.42. The first-order chi connectivity index (χ1) is 15.0. The van der Waals surface area contributed by atoms with Gasteiger partial charge in [0.1, 0.15) is 5.01 Å². The predicted molar refractivity (Wildman–Crippen MR) is 123 cm³/mol. The summed E-state index contributed by atoms with van der Waals surface area (Å²) < 4.78 is 5.03. The lowest BCUT2D eigenvalue weighted by atomic mass is 10.1. The lowest BCUT2D eigenvalue weighted by molar-refractivity contribution is -0.128. The Morgan fingerprint density at radius 1 is 1.29 bits per heavy atom. The number of carbonyl (C=O) groups excluding carboxylic acids is 2. The zero-order chi connectivity index (χ0) is 21.8. The predicted octanol–water partition coefficient (Wildman–Crippen LogP) is 4.56. The highest BCUT2D eigenvalue weighted by molar-refractivity contribution is 7.13. The topological polar surface area (TPSA) is 71.5 Å². The van der Waals surface area contributed by atoms with Gasteiger partial charge in [-0.15, -0.1) is 11.3 Å². The number of aromatic nitrogens is 1. The first-order valence-corrected chi connectivity index (χ1v) is 11.2. The van der Waals surface area contributed by atoms with E-state index in [1.807, 2.05) is 53.9 Å². The molecule has 1 aromatic heterocycles. The van der Waals surface area contributed by atoms with Crippen LogP contribution in [-0.2, 0) is 14.3 Å². The third-order valence-electron chi connectivity index (χ3n) is 5.18. The maximum atomic E-state index is 12.7. The van der Waals surface area contributed by atoms with E-state index in [0.717, 1.165) is 21.8 Å². The molecule has 1 saturated heterocycles. The molecule has 2 amide bonds. The summed E-state index contributed by atoms with van der Waals surface area (Å²) in [6.07, 6.45) is 0.225. The highest BCUT2D eigenvalue weighted by atomic mass is 35.5. The fraction of sp³-hybridized carbons (Fsp3) is 0.261. The summed E-state index contributed by atoms with van der Waals surface area (Å²) in [6.45, 7) is 1.39. The molecule has 0 spiro atoms. The van der Waals surface area contributed by atoms with Crippen LogP contribution in [0.15, 0.2) is 53.9 Å². The zero-order valence-electron chi connectivity index (χ0n) is 17.0. The number of methoxy groups -OCH3 is 1. The van der Waals surface area contributed by atoms with Gasteiger partial charge in [0, 0.05) is 48.8 Å². The fourth-order valence-electron chi connectivity index (χ4n) is 3.53. The third-order valence-corrected chi connectivity index (χ3v) is 6.39. The Morgan fingerprint density at radius 2 is 2.13 bits per heavy atom. The number of hydrogen-bond acceptors (Lipinski definition) is 5. The molecule has 4 rings (SSSR count). The SMILES string of the molecule is COCCN1CC(C(=O)Nc2cccc(-c3csc(-c4ccccc4Cl)n3)c2)CC1=O. The van der Waals surface area contributed by atoms with Crippen LogP contribution in [0.4, 0.5) is 5.69 Å².